The number of unbranched alkanes of at least 4 members (excludes halogenated alkanes) is 1. The van der Waals surface area contributed by atoms with Crippen LogP contribution in [0, 0.1) is 0 Å². The number of halogens is 2. The number of hydrogen-bond donors (Lipinski definition) is 2. The van der Waals surface area contributed by atoms with E-state index in [-0.39, 0.29) is 5.75 Å². The van der Waals surface area contributed by atoms with Crippen LogP contribution in [0.15, 0.2) is 22.7 Å². The molecule has 0 unspecified atom stereocenters. The number of hydrogen-bond acceptors (Lipinski definition) is 3. The van der Waals surface area contributed by atoms with E-state index in [0.717, 1.165) is 13.0 Å². The van der Waals surface area contributed by atoms with Gasteiger partial charge in [0.15, 0.2) is 0 Å². The van der Waals surface area contributed by atoms with Crippen molar-refractivity contribution in [1.82, 2.24) is 5.32 Å². The summed E-state index contributed by atoms with van der Waals surface area (Å²) >= 11 is 9.20. The van der Waals surface area contributed by atoms with Gasteiger partial charge in [0.25, 0.3) is 0 Å². The average molecular weight is 384 g/mol. The third kappa shape index (κ3) is 6.43. The van der Waals surface area contributed by atoms with Crippen LogP contribution in [0.2, 0.25) is 5.02 Å². The summed E-state index contributed by atoms with van der Waals surface area (Å²) in [5, 5.41) is 3.74. The molecule has 7 heteroatoms. The molecule has 0 atom stereocenters. The first kappa shape index (κ1) is 17.8. The Balaban J connectivity index is 2.47. The van der Waals surface area contributed by atoms with Crippen LogP contribution in [0.1, 0.15) is 26.7 Å². The second-order valence-corrected chi connectivity index (χ2v) is 7.88. The molecule has 0 aliphatic heterocycles. The Morgan fingerprint density at radius 2 is 2.00 bits per heavy atom. The van der Waals surface area contributed by atoms with Gasteiger partial charge in [0, 0.05) is 6.04 Å². The first-order valence-electron chi connectivity index (χ1n) is 6.50. The van der Waals surface area contributed by atoms with Crippen LogP contribution in [0.3, 0.4) is 0 Å². The van der Waals surface area contributed by atoms with E-state index in [1.807, 2.05) is 0 Å². The number of sulfonamides is 1. The molecule has 0 heterocycles. The SMILES string of the molecule is CC(C)NCCCCS(=O)(=O)Nc1cccc(Cl)c1Br. The first-order valence-corrected chi connectivity index (χ1v) is 9.32. The van der Waals surface area contributed by atoms with E-state index in [2.05, 4.69) is 39.8 Å². The van der Waals surface area contributed by atoms with E-state index in [1.165, 1.54) is 0 Å². The number of nitrogens with one attached hydrogen (secondary N) is 2. The molecule has 2 N–H and O–H groups in total. The van der Waals surface area contributed by atoms with Crippen LogP contribution < -0.4 is 10.0 Å². The van der Waals surface area contributed by atoms with Crippen molar-refractivity contribution in [2.75, 3.05) is 17.0 Å². The zero-order valence-electron chi connectivity index (χ0n) is 11.6. The molecule has 114 valence electrons. The third-order valence-corrected chi connectivity index (χ3v) is 5.36. The van der Waals surface area contributed by atoms with Gasteiger partial charge in [0.1, 0.15) is 0 Å². The second kappa shape index (κ2) is 8.22. The molecule has 1 rings (SSSR count). The quantitative estimate of drug-likeness (QED) is 0.674. The fourth-order valence-electron chi connectivity index (χ4n) is 1.61. The molecule has 0 spiro atoms. The monoisotopic (exact) mass is 382 g/mol. The summed E-state index contributed by atoms with van der Waals surface area (Å²) in [6.45, 7) is 4.96. The summed E-state index contributed by atoms with van der Waals surface area (Å²) < 4.78 is 27.0. The van der Waals surface area contributed by atoms with Crippen molar-refractivity contribution in [3.8, 4) is 0 Å². The van der Waals surface area contributed by atoms with Crippen LogP contribution >= 0.6 is 27.5 Å². The molecule has 0 aromatic heterocycles. The van der Waals surface area contributed by atoms with Crippen molar-refractivity contribution in [3.63, 3.8) is 0 Å². The van der Waals surface area contributed by atoms with Gasteiger partial charge in [-0.2, -0.15) is 0 Å². The van der Waals surface area contributed by atoms with E-state index >= 15 is 0 Å². The molecular formula is C13H20BrClN2O2S. The summed E-state index contributed by atoms with van der Waals surface area (Å²) in [6.07, 6.45) is 1.45. The van der Waals surface area contributed by atoms with E-state index in [9.17, 15) is 8.42 Å². The Bertz CT molecular complexity index is 535. The van der Waals surface area contributed by atoms with Crippen molar-refractivity contribution >= 4 is 43.2 Å². The van der Waals surface area contributed by atoms with Gasteiger partial charge in [-0.3, -0.25) is 4.72 Å². The van der Waals surface area contributed by atoms with E-state index in [4.69, 9.17) is 11.6 Å². The van der Waals surface area contributed by atoms with Crippen LogP contribution in [0.4, 0.5) is 5.69 Å². The molecule has 0 fully saturated rings. The highest BCUT2D eigenvalue weighted by Gasteiger charge is 2.13. The lowest BCUT2D eigenvalue weighted by Crippen LogP contribution is -2.24. The number of rotatable bonds is 8. The molecule has 20 heavy (non-hydrogen) atoms. The fraction of sp³-hybridized carbons (Fsp3) is 0.538. The minimum Gasteiger partial charge on any atom is -0.315 e. The Kier molecular flexibility index (Phi) is 7.29. The molecule has 1 aromatic rings. The van der Waals surface area contributed by atoms with Crippen LogP contribution in [0.25, 0.3) is 0 Å². The van der Waals surface area contributed by atoms with E-state index < -0.39 is 10.0 Å². The maximum Gasteiger partial charge on any atom is 0.232 e. The summed E-state index contributed by atoms with van der Waals surface area (Å²) in [5.74, 6) is 0.103. The van der Waals surface area contributed by atoms with Crippen molar-refractivity contribution in [2.24, 2.45) is 0 Å². The molecule has 0 radical (unpaired) electrons. The van der Waals surface area contributed by atoms with Crippen LogP contribution in [0.5, 0.6) is 0 Å². The lowest BCUT2D eigenvalue weighted by Gasteiger charge is -2.11. The molecule has 0 aliphatic carbocycles. The minimum absolute atomic E-state index is 0.103. The molecular weight excluding hydrogens is 364 g/mol. The molecule has 0 aliphatic rings. The Morgan fingerprint density at radius 3 is 2.65 bits per heavy atom. The van der Waals surface area contributed by atoms with Crippen LogP contribution in [-0.4, -0.2) is 26.8 Å². The minimum atomic E-state index is -3.34. The fourth-order valence-corrected chi connectivity index (χ4v) is 3.47. The van der Waals surface area contributed by atoms with E-state index in [0.29, 0.717) is 27.6 Å². The van der Waals surface area contributed by atoms with Gasteiger partial charge in [-0.05, 0) is 47.4 Å². The van der Waals surface area contributed by atoms with Crippen molar-refractivity contribution in [2.45, 2.75) is 32.7 Å². The second-order valence-electron chi connectivity index (χ2n) is 4.84. The topological polar surface area (TPSA) is 58.2 Å². The van der Waals surface area contributed by atoms with Gasteiger partial charge in [0.2, 0.25) is 10.0 Å². The predicted octanol–water partition coefficient (Wildman–Crippen LogP) is 3.62. The lowest BCUT2D eigenvalue weighted by molar-refractivity contribution is 0.561. The molecule has 4 nitrogen and oxygen atoms in total. The molecule has 0 amide bonds. The van der Waals surface area contributed by atoms with Gasteiger partial charge in [-0.15, -0.1) is 0 Å². The third-order valence-electron chi connectivity index (χ3n) is 2.61. The average Bonchev–Trinajstić information content (AvgIpc) is 2.34. The Hall–Kier alpha value is -0.300. The van der Waals surface area contributed by atoms with Gasteiger partial charge in [-0.1, -0.05) is 31.5 Å². The van der Waals surface area contributed by atoms with Crippen molar-refractivity contribution < 1.29 is 8.42 Å². The lowest BCUT2D eigenvalue weighted by atomic mass is 10.3. The highest BCUT2D eigenvalue weighted by molar-refractivity contribution is 9.10. The van der Waals surface area contributed by atoms with Crippen molar-refractivity contribution in [1.29, 1.82) is 0 Å². The maximum absolute atomic E-state index is 12.0. The zero-order chi connectivity index (χ0) is 15.2. The normalized spacial score (nSPS) is 11.8. The number of anilines is 1. The van der Waals surface area contributed by atoms with Gasteiger partial charge in [-0.25, -0.2) is 8.42 Å². The summed E-state index contributed by atoms with van der Waals surface area (Å²) in [5.41, 5.74) is 0.470. The predicted molar refractivity (Wildman–Crippen MR) is 88.9 cm³/mol. The molecule has 0 saturated carbocycles. The van der Waals surface area contributed by atoms with E-state index in [1.54, 1.807) is 18.2 Å². The van der Waals surface area contributed by atoms with Crippen LogP contribution in [-0.2, 0) is 10.0 Å². The van der Waals surface area contributed by atoms with Gasteiger partial charge in [0.05, 0.1) is 20.9 Å². The smallest absolute Gasteiger partial charge is 0.232 e. The number of benzene rings is 1. The summed E-state index contributed by atoms with van der Waals surface area (Å²) in [7, 11) is -3.34. The highest BCUT2D eigenvalue weighted by Crippen LogP contribution is 2.30. The Morgan fingerprint density at radius 1 is 1.30 bits per heavy atom. The maximum atomic E-state index is 12.0. The standard InChI is InChI=1S/C13H20BrClN2O2S/c1-10(2)16-8-3-4-9-20(18,19)17-12-7-5-6-11(15)13(12)14/h5-7,10,16-17H,3-4,8-9H2,1-2H3. The van der Waals surface area contributed by atoms with Gasteiger partial charge < -0.3 is 5.32 Å². The zero-order valence-corrected chi connectivity index (χ0v) is 14.8. The summed E-state index contributed by atoms with van der Waals surface area (Å²) in [6, 6.07) is 5.50. The van der Waals surface area contributed by atoms with Crippen molar-refractivity contribution in [3.05, 3.63) is 27.7 Å². The Labute approximate surface area is 134 Å². The first-order chi connectivity index (χ1) is 9.32. The molecule has 0 bridgehead atoms. The van der Waals surface area contributed by atoms with Gasteiger partial charge >= 0.3 is 0 Å². The molecule has 1 aromatic carbocycles. The highest BCUT2D eigenvalue weighted by atomic mass is 79.9. The largest absolute Gasteiger partial charge is 0.315 e. The molecule has 0 saturated heterocycles. The summed E-state index contributed by atoms with van der Waals surface area (Å²) in [4.78, 5) is 0.